The molecule has 1 aliphatic heterocycles. The predicted molar refractivity (Wildman–Crippen MR) is 110 cm³/mol. The van der Waals surface area contributed by atoms with E-state index >= 15 is 0 Å². The molecule has 12 heteroatoms. The molecule has 0 saturated carbocycles. The molecule has 11 nitrogen and oxygen atoms in total. The number of nitrogens with two attached hydrogens (primary N) is 2. The second-order valence-electron chi connectivity index (χ2n) is 8.00. The van der Waals surface area contributed by atoms with Gasteiger partial charge in [-0.2, -0.15) is 0 Å². The Balaban J connectivity index is 2.14. The average molecular weight is 432 g/mol. The van der Waals surface area contributed by atoms with Gasteiger partial charge in [-0.3, -0.25) is 9.13 Å². The molecule has 0 saturated heterocycles. The molecule has 4 atom stereocenters. The Bertz CT molecular complexity index is 753. The molecule has 0 spiro atoms. The number of aliphatic hydroxyl groups is 1. The average Bonchev–Trinajstić information content (AvgIpc) is 2.99. The van der Waals surface area contributed by atoms with Crippen LogP contribution in [0.2, 0.25) is 0 Å². The van der Waals surface area contributed by atoms with Gasteiger partial charge in [0.15, 0.2) is 12.2 Å². The maximum atomic E-state index is 12.2. The van der Waals surface area contributed by atoms with Gasteiger partial charge in [0.05, 0.1) is 31.8 Å². The molecule has 166 valence electrons. The first-order valence-electron chi connectivity index (χ1n) is 9.67. The Kier molecular flexibility index (Phi) is 8.21. The summed E-state index contributed by atoms with van der Waals surface area (Å²) in [6.07, 6.45) is 0.0907. The van der Waals surface area contributed by atoms with Gasteiger partial charge in [-0.25, -0.2) is 9.98 Å². The number of aromatic nitrogens is 2. The van der Waals surface area contributed by atoms with Crippen molar-refractivity contribution in [2.24, 2.45) is 28.3 Å². The zero-order chi connectivity index (χ0) is 21.8. The van der Waals surface area contributed by atoms with Crippen molar-refractivity contribution >= 4 is 19.4 Å². The summed E-state index contributed by atoms with van der Waals surface area (Å²) in [5, 5.41) is 12.8. The van der Waals surface area contributed by atoms with E-state index in [4.69, 9.17) is 20.7 Å². The van der Waals surface area contributed by atoms with E-state index in [1.165, 1.54) is 6.33 Å². The van der Waals surface area contributed by atoms with Crippen LogP contribution < -0.4 is 16.8 Å². The van der Waals surface area contributed by atoms with E-state index in [9.17, 15) is 14.6 Å². The van der Waals surface area contributed by atoms with E-state index in [1.807, 2.05) is 27.7 Å². The van der Waals surface area contributed by atoms with Gasteiger partial charge in [0, 0.05) is 0 Å². The smallest absolute Gasteiger partial charge is 0.328 e. The molecule has 0 amide bonds. The van der Waals surface area contributed by atoms with Crippen molar-refractivity contribution in [2.75, 3.05) is 24.7 Å². The van der Waals surface area contributed by atoms with Crippen molar-refractivity contribution in [3.05, 3.63) is 12.0 Å². The fourth-order valence-corrected chi connectivity index (χ4v) is 4.55. The summed E-state index contributed by atoms with van der Waals surface area (Å²) >= 11 is 0. The third kappa shape index (κ3) is 6.77. The highest BCUT2D eigenvalue weighted by Crippen LogP contribution is 2.44. The maximum Gasteiger partial charge on any atom is 0.328 e. The predicted octanol–water partition coefficient (Wildman–Crippen LogP) is 1.36. The number of aliphatic imine (C=N–C) groups is 1. The van der Waals surface area contributed by atoms with Gasteiger partial charge < -0.3 is 36.0 Å². The number of ether oxygens (including phenoxy) is 1. The Morgan fingerprint density at radius 3 is 2.62 bits per heavy atom. The highest BCUT2D eigenvalue weighted by atomic mass is 31.2. The number of hydrogen-bond donors (Lipinski definition) is 5. The Morgan fingerprint density at radius 1 is 1.34 bits per heavy atom. The van der Waals surface area contributed by atoms with Crippen LogP contribution in [0.25, 0.3) is 0 Å². The molecule has 29 heavy (non-hydrogen) atoms. The van der Waals surface area contributed by atoms with Crippen molar-refractivity contribution < 1.29 is 23.8 Å². The number of rotatable bonds is 11. The summed E-state index contributed by atoms with van der Waals surface area (Å²) < 4.78 is 25.2. The Morgan fingerprint density at radius 2 is 2.03 bits per heavy atom. The number of anilines is 1. The van der Waals surface area contributed by atoms with E-state index in [-0.39, 0.29) is 37.2 Å². The van der Waals surface area contributed by atoms with E-state index in [2.05, 4.69) is 15.3 Å². The van der Waals surface area contributed by atoms with Crippen LogP contribution in [0.15, 0.2) is 11.3 Å². The molecule has 0 aromatic carbocycles. The monoisotopic (exact) mass is 432 g/mol. The van der Waals surface area contributed by atoms with E-state index in [0.717, 1.165) is 0 Å². The van der Waals surface area contributed by atoms with Gasteiger partial charge >= 0.3 is 7.60 Å². The first-order chi connectivity index (χ1) is 13.5. The molecular weight excluding hydrogens is 399 g/mol. The summed E-state index contributed by atoms with van der Waals surface area (Å²) in [6, 6.07) is 0. The number of aliphatic hydroxyl groups excluding tert-OH is 1. The van der Waals surface area contributed by atoms with Crippen molar-refractivity contribution in [2.45, 2.75) is 52.6 Å². The van der Waals surface area contributed by atoms with Crippen molar-refractivity contribution in [1.82, 2.24) is 9.55 Å². The minimum atomic E-state index is -3.72. The van der Waals surface area contributed by atoms with Gasteiger partial charge in [-0.1, -0.05) is 27.7 Å². The van der Waals surface area contributed by atoms with E-state index in [0.29, 0.717) is 17.9 Å². The normalized spacial score (nSPS) is 20.7. The minimum Gasteiger partial charge on any atom is -0.392 e. The zero-order valence-electron chi connectivity index (χ0n) is 17.4. The number of imidazole rings is 1. The van der Waals surface area contributed by atoms with Gasteiger partial charge in [0.1, 0.15) is 17.7 Å². The van der Waals surface area contributed by atoms with Crippen molar-refractivity contribution in [3.63, 3.8) is 0 Å². The fourth-order valence-electron chi connectivity index (χ4n) is 3.12. The number of nitrogens with zero attached hydrogens (tertiary/aromatic N) is 3. The van der Waals surface area contributed by atoms with Crippen LogP contribution in [0.3, 0.4) is 0 Å². The number of hydrogen-bond acceptors (Lipinski definition) is 9. The lowest BCUT2D eigenvalue weighted by atomic mass is 10.1. The molecule has 2 rings (SSSR count). The molecule has 0 radical (unpaired) electrons. The van der Waals surface area contributed by atoms with Gasteiger partial charge in [-0.05, 0) is 18.3 Å². The number of guanidine groups is 1. The molecular formula is C17H33N6O5P. The van der Waals surface area contributed by atoms with Crippen LogP contribution in [-0.4, -0.2) is 51.0 Å². The lowest BCUT2D eigenvalue weighted by molar-refractivity contribution is -0.0989. The van der Waals surface area contributed by atoms with E-state index < -0.39 is 26.1 Å². The largest absolute Gasteiger partial charge is 0.392 e. The lowest BCUT2D eigenvalue weighted by Crippen LogP contribution is -2.33. The van der Waals surface area contributed by atoms with Crippen molar-refractivity contribution in [1.29, 1.82) is 0 Å². The Labute approximate surface area is 171 Å². The van der Waals surface area contributed by atoms with Crippen LogP contribution in [0, 0.1) is 11.8 Å². The second kappa shape index (κ2) is 10.0. The molecule has 2 unspecified atom stereocenters. The fraction of sp³-hybridized carbons (Fsp3) is 0.765. The van der Waals surface area contributed by atoms with Crippen LogP contribution in [0.1, 0.15) is 52.2 Å². The first kappa shape index (κ1) is 23.8. The number of fused-ring (bicyclic) bond motifs is 1. The standard InChI is InChI=1S/C17H33N6O5P/c1-10(2)5-12(7-27-29(25,26)8-11(3)4)28-13(6-24)23-9-20-14-15(18)21-17(19)22-16(14)23/h9-13,15,24H,5-8,18H2,1-4H3,(H,25,26)(H3,19,21,22)/t12-,13-,15?/m1/s1. The van der Waals surface area contributed by atoms with Gasteiger partial charge in [0.2, 0.25) is 0 Å². The van der Waals surface area contributed by atoms with Crippen LogP contribution >= 0.6 is 7.60 Å². The molecule has 1 aliphatic rings. The summed E-state index contributed by atoms with van der Waals surface area (Å²) in [7, 11) is -3.72. The molecule has 1 aromatic rings. The maximum absolute atomic E-state index is 12.2. The molecule has 1 aromatic heterocycles. The SMILES string of the molecule is CC(C)C[C@H](COP(=O)(O)CC(C)C)O[C@H](CO)n1cnc2c1NC(N)=NC2N. The third-order valence-electron chi connectivity index (χ3n) is 4.24. The highest BCUT2D eigenvalue weighted by molar-refractivity contribution is 7.52. The molecule has 0 aliphatic carbocycles. The molecule has 0 bridgehead atoms. The molecule has 7 N–H and O–H groups in total. The van der Waals surface area contributed by atoms with Gasteiger partial charge in [0.25, 0.3) is 0 Å². The van der Waals surface area contributed by atoms with Crippen LogP contribution in [0.5, 0.6) is 0 Å². The summed E-state index contributed by atoms with van der Waals surface area (Å²) in [4.78, 5) is 18.3. The minimum absolute atomic E-state index is 0.0281. The van der Waals surface area contributed by atoms with Crippen LogP contribution in [-0.2, 0) is 13.8 Å². The summed E-state index contributed by atoms with van der Waals surface area (Å²) in [6.45, 7) is 7.30. The molecule has 0 fully saturated rings. The third-order valence-corrected chi connectivity index (χ3v) is 5.98. The quantitative estimate of drug-likeness (QED) is 0.324. The second-order valence-corrected chi connectivity index (χ2v) is 9.90. The zero-order valence-corrected chi connectivity index (χ0v) is 18.2. The van der Waals surface area contributed by atoms with Crippen molar-refractivity contribution in [3.8, 4) is 0 Å². The number of nitrogens with one attached hydrogen (secondary N) is 1. The van der Waals surface area contributed by atoms with Crippen LogP contribution in [0.4, 0.5) is 5.82 Å². The topological polar surface area (TPSA) is 170 Å². The Hall–Kier alpha value is -1.49. The first-order valence-corrected chi connectivity index (χ1v) is 11.4. The van der Waals surface area contributed by atoms with Gasteiger partial charge in [-0.15, -0.1) is 0 Å². The van der Waals surface area contributed by atoms with E-state index in [1.54, 1.807) is 4.57 Å². The summed E-state index contributed by atoms with van der Waals surface area (Å²) in [5.41, 5.74) is 12.2. The lowest BCUT2D eigenvalue weighted by Gasteiger charge is -2.28. The summed E-state index contributed by atoms with van der Waals surface area (Å²) in [5.74, 6) is 0.902. The molecule has 2 heterocycles. The highest BCUT2D eigenvalue weighted by Gasteiger charge is 2.29.